The Morgan fingerprint density at radius 1 is 0.870 bits per heavy atom. The fourth-order valence-corrected chi connectivity index (χ4v) is 2.48. The molecule has 4 heteroatoms. The lowest BCUT2D eigenvalue weighted by molar-refractivity contribution is 0.375. The molecule has 23 heavy (non-hydrogen) atoms. The summed E-state index contributed by atoms with van der Waals surface area (Å²) >= 11 is 0. The largest absolute Gasteiger partial charge is 0.455 e. The average molecular weight is 307 g/mol. The topological polar surface area (TPSA) is 42.9 Å². The highest BCUT2D eigenvalue weighted by Crippen LogP contribution is 2.27. The van der Waals surface area contributed by atoms with Crippen LogP contribution in [0.2, 0.25) is 0 Å². The van der Waals surface area contributed by atoms with Crippen LogP contribution >= 0.6 is 0 Å². The molecular weight excluding hydrogens is 286 g/mol. The van der Waals surface area contributed by atoms with Crippen LogP contribution in [0, 0.1) is 5.41 Å². The van der Waals surface area contributed by atoms with Crippen molar-refractivity contribution in [1.29, 1.82) is 5.41 Å². The van der Waals surface area contributed by atoms with Crippen molar-refractivity contribution in [2.75, 3.05) is 0 Å². The first-order valence-corrected chi connectivity index (χ1v) is 7.64. The molecule has 0 amide bonds. The molecule has 0 aliphatic rings. The molecule has 1 heterocycles. The molecule has 0 unspecified atom stereocenters. The van der Waals surface area contributed by atoms with Crippen LogP contribution in [0.3, 0.4) is 0 Å². The second-order valence-electron chi connectivity index (χ2n) is 6.42. The van der Waals surface area contributed by atoms with Gasteiger partial charge in [-0.05, 0) is 45.0 Å². The van der Waals surface area contributed by atoms with Crippen molar-refractivity contribution < 1.29 is 4.74 Å². The Morgan fingerprint density at radius 2 is 1.52 bits per heavy atom. The molecule has 3 rings (SSSR count). The third-order valence-electron chi connectivity index (χ3n) is 3.64. The van der Waals surface area contributed by atoms with Gasteiger partial charge in [-0.15, -0.1) is 0 Å². The summed E-state index contributed by atoms with van der Waals surface area (Å²) in [6.07, 6.45) is 3.84. The third-order valence-corrected chi connectivity index (χ3v) is 3.64. The van der Waals surface area contributed by atoms with E-state index in [2.05, 4.69) is 20.8 Å². The molecule has 1 N–H and O–H groups in total. The summed E-state index contributed by atoms with van der Waals surface area (Å²) in [5.74, 6) is 1.51. The number of nitrogens with zero attached hydrogens (tertiary/aromatic N) is 2. The van der Waals surface area contributed by atoms with Crippen molar-refractivity contribution in [3.05, 3.63) is 72.6 Å². The van der Waals surface area contributed by atoms with Crippen molar-refractivity contribution >= 4 is 0 Å². The van der Waals surface area contributed by atoms with E-state index in [1.54, 1.807) is 0 Å². The Morgan fingerprint density at radius 3 is 2.17 bits per heavy atom. The first kappa shape index (κ1) is 15.2. The lowest BCUT2D eigenvalue weighted by atomic mass is 10.1. The van der Waals surface area contributed by atoms with Gasteiger partial charge in [-0.3, -0.25) is 9.98 Å². The first-order chi connectivity index (χ1) is 11.0. The van der Waals surface area contributed by atoms with Crippen LogP contribution in [0.5, 0.6) is 11.5 Å². The molecule has 118 valence electrons. The van der Waals surface area contributed by atoms with E-state index in [0.717, 1.165) is 17.2 Å². The minimum atomic E-state index is -0.141. The first-order valence-electron chi connectivity index (χ1n) is 7.64. The normalized spacial score (nSPS) is 11.4. The van der Waals surface area contributed by atoms with E-state index in [9.17, 15) is 0 Å². The standard InChI is InChI=1S/C19H21N3O/c1-19(2,3)22-14-13-21(18(22)20)16-11-7-8-12-17(16)23-15-9-5-4-6-10-15/h4-14,20H,1-3H3. The zero-order valence-corrected chi connectivity index (χ0v) is 13.7. The van der Waals surface area contributed by atoms with Crippen LogP contribution in [0.1, 0.15) is 20.8 Å². The maximum absolute atomic E-state index is 8.47. The zero-order chi connectivity index (χ0) is 16.4. The molecular formula is C19H21N3O. The van der Waals surface area contributed by atoms with Crippen molar-refractivity contribution in [3.63, 3.8) is 0 Å². The zero-order valence-electron chi connectivity index (χ0n) is 13.7. The van der Waals surface area contributed by atoms with Gasteiger partial charge in [0.1, 0.15) is 5.75 Å². The Hall–Kier alpha value is -2.75. The van der Waals surface area contributed by atoms with Gasteiger partial charge in [-0.25, -0.2) is 0 Å². The summed E-state index contributed by atoms with van der Waals surface area (Å²) in [6.45, 7) is 6.26. The van der Waals surface area contributed by atoms with Gasteiger partial charge in [-0.1, -0.05) is 30.3 Å². The van der Waals surface area contributed by atoms with Crippen molar-refractivity contribution in [2.24, 2.45) is 0 Å². The van der Waals surface area contributed by atoms with Gasteiger partial charge in [0.15, 0.2) is 5.75 Å². The highest BCUT2D eigenvalue weighted by Gasteiger charge is 2.17. The lowest BCUT2D eigenvalue weighted by Gasteiger charge is -2.20. The molecule has 0 aliphatic carbocycles. The van der Waals surface area contributed by atoms with Gasteiger partial charge in [0.05, 0.1) is 5.69 Å². The number of nitrogens with one attached hydrogen (secondary N) is 1. The van der Waals surface area contributed by atoms with E-state index in [1.807, 2.05) is 76.1 Å². The molecule has 1 aromatic heterocycles. The summed E-state index contributed by atoms with van der Waals surface area (Å²) in [5, 5.41) is 8.47. The summed E-state index contributed by atoms with van der Waals surface area (Å²) in [7, 11) is 0. The second-order valence-corrected chi connectivity index (χ2v) is 6.42. The molecule has 0 fully saturated rings. The minimum Gasteiger partial charge on any atom is -0.455 e. The molecule has 0 saturated carbocycles. The molecule has 0 aliphatic heterocycles. The minimum absolute atomic E-state index is 0.141. The summed E-state index contributed by atoms with van der Waals surface area (Å²) < 4.78 is 9.77. The van der Waals surface area contributed by atoms with Crippen LogP contribution in [0.4, 0.5) is 0 Å². The van der Waals surface area contributed by atoms with Crippen LogP contribution in [0.25, 0.3) is 5.69 Å². The van der Waals surface area contributed by atoms with Crippen molar-refractivity contribution in [1.82, 2.24) is 9.13 Å². The van der Waals surface area contributed by atoms with E-state index in [4.69, 9.17) is 10.1 Å². The number of hydrogen-bond donors (Lipinski definition) is 1. The highest BCUT2D eigenvalue weighted by molar-refractivity contribution is 5.48. The number of aromatic nitrogens is 2. The lowest BCUT2D eigenvalue weighted by Crippen LogP contribution is -2.34. The van der Waals surface area contributed by atoms with Crippen LogP contribution in [-0.4, -0.2) is 9.13 Å². The summed E-state index contributed by atoms with van der Waals surface area (Å²) in [6, 6.07) is 17.5. The SMILES string of the molecule is CC(C)(C)n1ccn(-c2ccccc2Oc2ccccc2)c1=N. The van der Waals surface area contributed by atoms with Gasteiger partial charge in [0, 0.05) is 17.9 Å². The van der Waals surface area contributed by atoms with Gasteiger partial charge in [0.25, 0.3) is 0 Å². The summed E-state index contributed by atoms with van der Waals surface area (Å²) in [5.41, 5.74) is 1.13. The van der Waals surface area contributed by atoms with Gasteiger partial charge < -0.3 is 9.30 Å². The second kappa shape index (κ2) is 5.80. The van der Waals surface area contributed by atoms with Crippen LogP contribution in [-0.2, 0) is 5.54 Å². The molecule has 0 spiro atoms. The molecule has 4 nitrogen and oxygen atoms in total. The Kier molecular flexibility index (Phi) is 3.82. The Labute approximate surface area is 136 Å². The molecule has 0 radical (unpaired) electrons. The Bertz CT molecular complexity index is 854. The van der Waals surface area contributed by atoms with E-state index < -0.39 is 0 Å². The van der Waals surface area contributed by atoms with E-state index >= 15 is 0 Å². The number of ether oxygens (including phenoxy) is 1. The molecule has 2 aromatic carbocycles. The van der Waals surface area contributed by atoms with Gasteiger partial charge in [0.2, 0.25) is 5.62 Å². The van der Waals surface area contributed by atoms with E-state index in [1.165, 1.54) is 0 Å². The molecule has 3 aromatic rings. The fourth-order valence-electron chi connectivity index (χ4n) is 2.48. The number of hydrogen-bond acceptors (Lipinski definition) is 2. The number of rotatable bonds is 3. The predicted molar refractivity (Wildman–Crippen MR) is 91.1 cm³/mol. The highest BCUT2D eigenvalue weighted by atomic mass is 16.5. The molecule has 0 atom stereocenters. The van der Waals surface area contributed by atoms with Gasteiger partial charge >= 0.3 is 0 Å². The van der Waals surface area contributed by atoms with Crippen LogP contribution in [0.15, 0.2) is 67.0 Å². The quantitative estimate of drug-likeness (QED) is 0.770. The maximum atomic E-state index is 8.47. The monoisotopic (exact) mass is 307 g/mol. The number of para-hydroxylation sites is 3. The van der Waals surface area contributed by atoms with Crippen molar-refractivity contribution in [3.8, 4) is 17.2 Å². The molecule has 0 bridgehead atoms. The van der Waals surface area contributed by atoms with E-state index in [0.29, 0.717) is 5.62 Å². The summed E-state index contributed by atoms with van der Waals surface area (Å²) in [4.78, 5) is 0. The Balaban J connectivity index is 2.05. The maximum Gasteiger partial charge on any atom is 0.207 e. The number of benzene rings is 2. The fraction of sp³-hybridized carbons (Fsp3) is 0.211. The smallest absolute Gasteiger partial charge is 0.207 e. The van der Waals surface area contributed by atoms with Crippen molar-refractivity contribution in [2.45, 2.75) is 26.3 Å². The van der Waals surface area contributed by atoms with Gasteiger partial charge in [-0.2, -0.15) is 0 Å². The third kappa shape index (κ3) is 3.06. The van der Waals surface area contributed by atoms with E-state index in [-0.39, 0.29) is 5.54 Å². The van der Waals surface area contributed by atoms with Crippen LogP contribution < -0.4 is 10.4 Å². The average Bonchev–Trinajstić information content (AvgIpc) is 2.91. The number of imidazole rings is 1. The molecule has 0 saturated heterocycles. The predicted octanol–water partition coefficient (Wildman–Crippen LogP) is 4.31.